The van der Waals surface area contributed by atoms with E-state index in [1.807, 2.05) is 0 Å². The number of nitrogens with zero attached hydrogens (tertiary/aromatic N) is 1. The molecule has 0 aliphatic carbocycles. The fourth-order valence-electron chi connectivity index (χ4n) is 0.404. The van der Waals surface area contributed by atoms with Crippen LogP contribution in [-0.4, -0.2) is 10.5 Å². The Morgan fingerprint density at radius 3 is 3.25 bits per heavy atom. The number of rotatable bonds is 2. The molecule has 0 aromatic carbocycles. The second-order valence-electron chi connectivity index (χ2n) is 1.30. The molecular weight excluding hydrogens is 122 g/mol. The Hall–Kier alpha value is -0.700. The summed E-state index contributed by atoms with van der Waals surface area (Å²) in [5.74, 6) is 0.764. The number of aromatic nitrogens is 1. The van der Waals surface area contributed by atoms with Crippen molar-refractivity contribution >= 4 is 17.6 Å². The molecule has 0 unspecified atom stereocenters. The first-order valence-corrected chi connectivity index (χ1v) is 2.59. The SMILES string of the molecule is S=[C]Cc1ccno1. The minimum atomic E-state index is 0.565. The number of thiocarbonyl (C=S) groups is 1. The van der Waals surface area contributed by atoms with Crippen molar-refractivity contribution in [1.29, 1.82) is 0 Å². The lowest BCUT2D eigenvalue weighted by Crippen LogP contribution is -1.76. The molecule has 1 heterocycles. The molecule has 41 valence electrons. The van der Waals surface area contributed by atoms with E-state index in [1.54, 1.807) is 12.3 Å². The minimum absolute atomic E-state index is 0.565. The Bertz CT molecular complexity index is 159. The zero-order valence-corrected chi connectivity index (χ0v) is 4.94. The van der Waals surface area contributed by atoms with Crippen molar-refractivity contribution in [2.45, 2.75) is 6.42 Å². The number of hydrogen-bond acceptors (Lipinski definition) is 3. The van der Waals surface area contributed by atoms with Crippen LogP contribution in [-0.2, 0) is 6.42 Å². The van der Waals surface area contributed by atoms with Gasteiger partial charge < -0.3 is 4.52 Å². The highest BCUT2D eigenvalue weighted by Crippen LogP contribution is 1.94. The van der Waals surface area contributed by atoms with E-state index < -0.39 is 0 Å². The van der Waals surface area contributed by atoms with Crippen molar-refractivity contribution in [3.05, 3.63) is 18.0 Å². The van der Waals surface area contributed by atoms with Gasteiger partial charge in [-0.25, -0.2) is 0 Å². The standard InChI is InChI=1S/C5H4NOS/c8-4-2-5-1-3-6-7-5/h1,3H,2H2. The first kappa shape index (κ1) is 5.44. The fourth-order valence-corrected chi connectivity index (χ4v) is 0.547. The van der Waals surface area contributed by atoms with Crippen LogP contribution in [0.25, 0.3) is 0 Å². The van der Waals surface area contributed by atoms with Gasteiger partial charge in [0, 0.05) is 17.9 Å². The maximum absolute atomic E-state index is 4.69. The highest BCUT2D eigenvalue weighted by molar-refractivity contribution is 7.78. The van der Waals surface area contributed by atoms with Gasteiger partial charge in [0.1, 0.15) is 5.76 Å². The Labute approximate surface area is 52.5 Å². The van der Waals surface area contributed by atoms with Crippen LogP contribution < -0.4 is 0 Å². The molecule has 8 heavy (non-hydrogen) atoms. The summed E-state index contributed by atoms with van der Waals surface area (Å²) in [5, 5.41) is 6.00. The molecule has 0 bridgehead atoms. The van der Waals surface area contributed by atoms with Gasteiger partial charge in [-0.15, -0.1) is 0 Å². The third kappa shape index (κ3) is 1.13. The molecule has 1 aromatic rings. The van der Waals surface area contributed by atoms with Crippen molar-refractivity contribution in [3.8, 4) is 0 Å². The Kier molecular flexibility index (Phi) is 1.75. The molecule has 0 amide bonds. The first-order valence-electron chi connectivity index (χ1n) is 2.18. The molecule has 1 aromatic heterocycles. The topological polar surface area (TPSA) is 26.0 Å². The third-order valence-corrected chi connectivity index (χ3v) is 0.882. The molecule has 0 aliphatic rings. The van der Waals surface area contributed by atoms with E-state index in [4.69, 9.17) is 4.52 Å². The van der Waals surface area contributed by atoms with Crippen molar-refractivity contribution < 1.29 is 4.52 Å². The highest BCUT2D eigenvalue weighted by Gasteiger charge is 1.89. The zero-order valence-electron chi connectivity index (χ0n) is 4.13. The molecule has 3 heteroatoms. The van der Waals surface area contributed by atoms with E-state index >= 15 is 0 Å². The van der Waals surface area contributed by atoms with E-state index in [9.17, 15) is 0 Å². The Balaban J connectivity index is 2.62. The molecule has 2 nitrogen and oxygen atoms in total. The first-order chi connectivity index (χ1) is 3.93. The fraction of sp³-hybridized carbons (Fsp3) is 0.200. The summed E-state index contributed by atoms with van der Waals surface area (Å²) < 4.78 is 4.69. The molecule has 1 rings (SSSR count). The summed E-state index contributed by atoms with van der Waals surface area (Å²) in [6.07, 6.45) is 2.15. The normalized spacial score (nSPS) is 9.00. The zero-order chi connectivity index (χ0) is 5.82. The van der Waals surface area contributed by atoms with E-state index in [0.717, 1.165) is 5.76 Å². The Morgan fingerprint density at radius 1 is 1.88 bits per heavy atom. The maximum Gasteiger partial charge on any atom is 0.141 e. The van der Waals surface area contributed by atoms with Crippen molar-refractivity contribution in [1.82, 2.24) is 5.16 Å². The minimum Gasteiger partial charge on any atom is -0.361 e. The van der Waals surface area contributed by atoms with Gasteiger partial charge in [0.25, 0.3) is 0 Å². The van der Waals surface area contributed by atoms with Gasteiger partial charge in [-0.2, -0.15) is 0 Å². The molecule has 0 atom stereocenters. The predicted molar refractivity (Wildman–Crippen MR) is 32.8 cm³/mol. The third-order valence-electron chi connectivity index (χ3n) is 0.738. The van der Waals surface area contributed by atoms with Crippen LogP contribution in [0.3, 0.4) is 0 Å². The number of hydrogen-bond donors (Lipinski definition) is 0. The molecule has 0 spiro atoms. The molecule has 0 aliphatic heterocycles. The second-order valence-corrected chi connectivity index (χ2v) is 1.59. The smallest absolute Gasteiger partial charge is 0.141 e. The van der Waals surface area contributed by atoms with Gasteiger partial charge in [-0.05, 0) is 0 Å². The van der Waals surface area contributed by atoms with Gasteiger partial charge in [-0.3, -0.25) is 0 Å². The average Bonchev–Trinajstić information content (AvgIpc) is 2.19. The van der Waals surface area contributed by atoms with Crippen LogP contribution >= 0.6 is 12.2 Å². The quantitative estimate of drug-likeness (QED) is 0.555. The lowest BCUT2D eigenvalue weighted by atomic mass is 10.4. The lowest BCUT2D eigenvalue weighted by molar-refractivity contribution is 0.393. The summed E-state index contributed by atoms with van der Waals surface area (Å²) in [6.45, 7) is 0. The highest BCUT2D eigenvalue weighted by atomic mass is 32.1. The largest absolute Gasteiger partial charge is 0.361 e. The summed E-state index contributed by atoms with van der Waals surface area (Å²) in [7, 11) is 0. The van der Waals surface area contributed by atoms with Crippen LogP contribution in [0.15, 0.2) is 16.8 Å². The van der Waals surface area contributed by atoms with E-state index in [0.29, 0.717) is 6.42 Å². The molecule has 1 radical (unpaired) electrons. The van der Waals surface area contributed by atoms with Crippen molar-refractivity contribution in [2.75, 3.05) is 0 Å². The van der Waals surface area contributed by atoms with Crippen molar-refractivity contribution in [3.63, 3.8) is 0 Å². The van der Waals surface area contributed by atoms with Gasteiger partial charge in [0.05, 0.1) is 6.20 Å². The monoisotopic (exact) mass is 126 g/mol. The summed E-state index contributed by atoms with van der Waals surface area (Å²) in [6, 6.07) is 1.76. The van der Waals surface area contributed by atoms with Crippen LogP contribution in [0.4, 0.5) is 0 Å². The van der Waals surface area contributed by atoms with E-state index in [2.05, 4.69) is 22.7 Å². The van der Waals surface area contributed by atoms with Crippen LogP contribution in [0, 0.1) is 0 Å². The summed E-state index contributed by atoms with van der Waals surface area (Å²) in [5.41, 5.74) is 0. The van der Waals surface area contributed by atoms with Gasteiger partial charge in [-0.1, -0.05) is 17.4 Å². The molecule has 0 fully saturated rings. The molecule has 0 saturated heterocycles. The molecule has 0 saturated carbocycles. The van der Waals surface area contributed by atoms with E-state index in [1.165, 1.54) is 0 Å². The van der Waals surface area contributed by atoms with Gasteiger partial charge in [0.15, 0.2) is 0 Å². The predicted octanol–water partition coefficient (Wildman–Crippen LogP) is 1.09. The molecule has 0 N–H and O–H groups in total. The van der Waals surface area contributed by atoms with Crippen LogP contribution in [0.1, 0.15) is 5.76 Å². The van der Waals surface area contributed by atoms with Crippen LogP contribution in [0.2, 0.25) is 0 Å². The average molecular weight is 126 g/mol. The van der Waals surface area contributed by atoms with Crippen LogP contribution in [0.5, 0.6) is 0 Å². The Morgan fingerprint density at radius 2 is 2.75 bits per heavy atom. The molecular formula is C5H4NOS. The lowest BCUT2D eigenvalue weighted by Gasteiger charge is -1.77. The second kappa shape index (κ2) is 2.57. The summed E-state index contributed by atoms with van der Waals surface area (Å²) in [4.78, 5) is 0. The van der Waals surface area contributed by atoms with Crippen molar-refractivity contribution in [2.24, 2.45) is 0 Å². The van der Waals surface area contributed by atoms with Gasteiger partial charge >= 0.3 is 0 Å². The maximum atomic E-state index is 4.69. The summed E-state index contributed by atoms with van der Waals surface area (Å²) >= 11 is 4.46. The van der Waals surface area contributed by atoms with Gasteiger partial charge in [0.2, 0.25) is 0 Å². The van der Waals surface area contributed by atoms with E-state index in [-0.39, 0.29) is 0 Å².